The Morgan fingerprint density at radius 3 is 2.39 bits per heavy atom. The van der Waals surface area contributed by atoms with Gasteiger partial charge in [0.25, 0.3) is 0 Å². The van der Waals surface area contributed by atoms with Gasteiger partial charge >= 0.3 is 0 Å². The summed E-state index contributed by atoms with van der Waals surface area (Å²) in [6, 6.07) is 3.10. The highest BCUT2D eigenvalue weighted by Crippen LogP contribution is 2.30. The predicted molar refractivity (Wildman–Crippen MR) is 156 cm³/mol. The Bertz CT molecular complexity index is 1110. The highest BCUT2D eigenvalue weighted by atomic mass is 15.2. The van der Waals surface area contributed by atoms with Crippen LogP contribution in [0.3, 0.4) is 0 Å². The molecule has 36 heavy (non-hydrogen) atoms. The number of likely N-dealkylation sites (tertiary alicyclic amines) is 1. The zero-order chi connectivity index (χ0) is 26.1. The van der Waals surface area contributed by atoms with Gasteiger partial charge in [-0.2, -0.15) is 0 Å². The van der Waals surface area contributed by atoms with Crippen molar-refractivity contribution in [3.8, 4) is 0 Å². The smallest absolute Gasteiger partial charge is 0.130 e. The number of nitrogens with zero attached hydrogens (tertiary/aromatic N) is 3. The topological polar surface area (TPSA) is 52.6 Å². The number of pyridine rings is 1. The second-order valence-electron chi connectivity index (χ2n) is 10.2. The summed E-state index contributed by atoms with van der Waals surface area (Å²) in [5.41, 5.74) is 2.64. The molecule has 5 heteroatoms. The van der Waals surface area contributed by atoms with Gasteiger partial charge < -0.3 is 15.5 Å². The molecule has 5 nitrogen and oxygen atoms in total. The first-order valence-corrected chi connectivity index (χ1v) is 13.5. The van der Waals surface area contributed by atoms with Gasteiger partial charge in [-0.15, -0.1) is 0 Å². The van der Waals surface area contributed by atoms with Crippen LogP contribution in [0.2, 0.25) is 0 Å². The third-order valence-electron chi connectivity index (χ3n) is 7.39. The summed E-state index contributed by atoms with van der Waals surface area (Å²) in [7, 11) is 0. The number of nitrogens with one attached hydrogen (secondary N) is 2. The van der Waals surface area contributed by atoms with E-state index in [1.807, 2.05) is 26.1 Å². The molecule has 0 radical (unpaired) electrons. The predicted octanol–water partition coefficient (Wildman–Crippen LogP) is 5.29. The lowest BCUT2D eigenvalue weighted by atomic mass is 10.0. The molecule has 1 aliphatic heterocycles. The van der Waals surface area contributed by atoms with Crippen molar-refractivity contribution < 1.29 is 0 Å². The maximum absolute atomic E-state index is 4.88. The number of piperidine rings is 1. The fourth-order valence-corrected chi connectivity index (χ4v) is 5.05. The first kappa shape index (κ1) is 27.7. The molecule has 0 atom stereocenters. The first-order chi connectivity index (χ1) is 17.3. The third-order valence-corrected chi connectivity index (χ3v) is 7.39. The van der Waals surface area contributed by atoms with E-state index in [1.54, 1.807) is 6.08 Å². The number of aliphatic imine (C=N–C) groups is 1. The third kappa shape index (κ3) is 7.54. The minimum Gasteiger partial charge on any atom is -0.367 e. The number of rotatable bonds is 10. The Morgan fingerprint density at radius 2 is 1.81 bits per heavy atom. The summed E-state index contributed by atoms with van der Waals surface area (Å²) >= 11 is 0. The molecule has 194 valence electrons. The maximum Gasteiger partial charge on any atom is 0.130 e. The maximum atomic E-state index is 4.88. The standard InChI is InChI=1S/C31H45N5/c1-8-25-21-32-31(33-24(7)26-13-11-12-14-26)20-27(25)19-23(6)29(9-2)35-30(10-3)34-28-15-17-36(18-16-28)22(4)5/h8-10,19-22,26,28,33-34H,2,6-7,11-18H2,1,3-5H3/b25-8-,27-19-,30-10-,35-29+. The van der Waals surface area contributed by atoms with Crippen LogP contribution >= 0.6 is 0 Å². The van der Waals surface area contributed by atoms with Crippen molar-refractivity contribution in [2.24, 2.45) is 10.9 Å². The molecule has 3 rings (SSSR count). The molecule has 0 bridgehead atoms. The van der Waals surface area contributed by atoms with Crippen molar-refractivity contribution in [2.75, 3.05) is 18.4 Å². The summed E-state index contributed by atoms with van der Waals surface area (Å²) in [5, 5.41) is 9.18. The summed E-state index contributed by atoms with van der Waals surface area (Å²) in [5.74, 6) is 2.22. The van der Waals surface area contributed by atoms with Crippen molar-refractivity contribution in [3.05, 3.63) is 71.7 Å². The minimum atomic E-state index is 0.432. The Kier molecular flexibility index (Phi) is 10.3. The number of aromatic nitrogens is 1. The van der Waals surface area contributed by atoms with E-state index >= 15 is 0 Å². The molecule has 1 aromatic heterocycles. The van der Waals surface area contributed by atoms with E-state index in [9.17, 15) is 0 Å². The van der Waals surface area contributed by atoms with Crippen LogP contribution in [0.5, 0.6) is 0 Å². The number of hydrogen-bond donors (Lipinski definition) is 2. The Balaban J connectivity index is 1.76. The van der Waals surface area contributed by atoms with Crippen LogP contribution in [0.1, 0.15) is 66.2 Å². The van der Waals surface area contributed by atoms with Crippen LogP contribution in [0.25, 0.3) is 12.2 Å². The average molecular weight is 488 g/mol. The van der Waals surface area contributed by atoms with Gasteiger partial charge in [-0.05, 0) is 99.6 Å². The van der Waals surface area contributed by atoms with Gasteiger partial charge in [0.2, 0.25) is 0 Å². The molecule has 2 fully saturated rings. The van der Waals surface area contributed by atoms with E-state index in [-0.39, 0.29) is 0 Å². The van der Waals surface area contributed by atoms with Gasteiger partial charge in [-0.25, -0.2) is 9.98 Å². The molecular formula is C31H45N5. The molecule has 2 heterocycles. The zero-order valence-corrected chi connectivity index (χ0v) is 22.8. The highest BCUT2D eigenvalue weighted by molar-refractivity contribution is 6.13. The van der Waals surface area contributed by atoms with E-state index in [2.05, 4.69) is 72.3 Å². The van der Waals surface area contributed by atoms with Crippen molar-refractivity contribution in [1.29, 1.82) is 0 Å². The van der Waals surface area contributed by atoms with Crippen LogP contribution in [-0.4, -0.2) is 40.8 Å². The molecule has 0 spiro atoms. The van der Waals surface area contributed by atoms with Gasteiger partial charge in [0.1, 0.15) is 11.6 Å². The fourth-order valence-electron chi connectivity index (χ4n) is 5.05. The van der Waals surface area contributed by atoms with Crippen molar-refractivity contribution in [3.63, 3.8) is 0 Å². The van der Waals surface area contributed by atoms with Crippen molar-refractivity contribution >= 4 is 23.7 Å². The molecule has 1 aliphatic carbocycles. The fraction of sp³-hybridized carbons (Fsp3) is 0.484. The zero-order valence-electron chi connectivity index (χ0n) is 22.8. The van der Waals surface area contributed by atoms with Crippen LogP contribution in [0.4, 0.5) is 5.82 Å². The van der Waals surface area contributed by atoms with Gasteiger partial charge in [0.05, 0.1) is 5.71 Å². The summed E-state index contributed by atoms with van der Waals surface area (Å²) in [6.45, 7) is 23.4. The monoisotopic (exact) mass is 487 g/mol. The van der Waals surface area contributed by atoms with E-state index in [0.717, 1.165) is 65.0 Å². The molecule has 0 aromatic carbocycles. The average Bonchev–Trinajstić information content (AvgIpc) is 3.42. The van der Waals surface area contributed by atoms with E-state index in [4.69, 9.17) is 4.99 Å². The van der Waals surface area contributed by atoms with E-state index < -0.39 is 0 Å². The lowest BCUT2D eigenvalue weighted by Crippen LogP contribution is -2.44. The molecular weight excluding hydrogens is 442 g/mol. The van der Waals surface area contributed by atoms with Crippen molar-refractivity contribution in [1.82, 2.24) is 15.2 Å². The molecule has 1 saturated carbocycles. The van der Waals surface area contributed by atoms with Crippen LogP contribution < -0.4 is 21.1 Å². The van der Waals surface area contributed by atoms with Crippen LogP contribution in [0.15, 0.2) is 66.2 Å². The molecule has 1 aromatic rings. The lowest BCUT2D eigenvalue weighted by Gasteiger charge is -2.35. The Morgan fingerprint density at radius 1 is 1.11 bits per heavy atom. The number of allylic oxidation sites excluding steroid dienone is 4. The van der Waals surface area contributed by atoms with Gasteiger partial charge in [0, 0.05) is 37.1 Å². The van der Waals surface area contributed by atoms with Crippen LogP contribution in [-0.2, 0) is 0 Å². The van der Waals surface area contributed by atoms with Crippen LogP contribution in [0, 0.1) is 5.92 Å². The summed E-state index contributed by atoms with van der Waals surface area (Å²) < 4.78 is 0. The van der Waals surface area contributed by atoms with Crippen molar-refractivity contribution in [2.45, 2.75) is 78.3 Å². The van der Waals surface area contributed by atoms with Gasteiger partial charge in [-0.1, -0.05) is 38.7 Å². The lowest BCUT2D eigenvalue weighted by molar-refractivity contribution is 0.164. The largest absolute Gasteiger partial charge is 0.367 e. The molecule has 0 amide bonds. The number of anilines is 1. The molecule has 1 saturated heterocycles. The normalized spacial score (nSPS) is 19.7. The molecule has 2 aliphatic rings. The second kappa shape index (κ2) is 13.4. The minimum absolute atomic E-state index is 0.432. The Labute approximate surface area is 218 Å². The molecule has 0 unspecified atom stereocenters. The van der Waals surface area contributed by atoms with E-state index in [0.29, 0.717) is 18.0 Å². The second-order valence-corrected chi connectivity index (χ2v) is 10.2. The SMILES string of the molecule is C=C/C(=N\C(=C/C)NC1CCN(C(C)C)CC1)C(=C)/C=c1/cc(NC(=C)C2CCCC2)nc/c1=C/C. The quantitative estimate of drug-likeness (QED) is 0.441. The van der Waals surface area contributed by atoms with E-state index in [1.165, 1.54) is 25.7 Å². The highest BCUT2D eigenvalue weighted by Gasteiger charge is 2.21. The van der Waals surface area contributed by atoms with Gasteiger partial charge in [-0.3, -0.25) is 0 Å². The molecule has 2 N–H and O–H groups in total. The summed E-state index contributed by atoms with van der Waals surface area (Å²) in [6.07, 6.45) is 17.1. The summed E-state index contributed by atoms with van der Waals surface area (Å²) in [4.78, 5) is 12.0. The van der Waals surface area contributed by atoms with Gasteiger partial charge in [0.15, 0.2) is 0 Å². The first-order valence-electron chi connectivity index (χ1n) is 13.5. The Hall–Kier alpha value is -2.92. The number of hydrogen-bond acceptors (Lipinski definition) is 5.